The van der Waals surface area contributed by atoms with E-state index < -0.39 is 10.8 Å². The number of anilines is 1. The van der Waals surface area contributed by atoms with Crippen LogP contribution in [0.25, 0.3) is 0 Å². The molecule has 2 heterocycles. The Hall–Kier alpha value is -3.20. The predicted octanol–water partition coefficient (Wildman–Crippen LogP) is 1.63. The fourth-order valence-corrected chi connectivity index (χ4v) is 3.29. The first kappa shape index (κ1) is 19.6. The maximum absolute atomic E-state index is 12.5. The maximum atomic E-state index is 12.5. The molecule has 1 aliphatic rings. The number of nitrogens with two attached hydrogens (primary N) is 1. The van der Waals surface area contributed by atoms with Crippen molar-refractivity contribution in [2.75, 3.05) is 31.1 Å². The van der Waals surface area contributed by atoms with Gasteiger partial charge >= 0.3 is 0 Å². The highest BCUT2D eigenvalue weighted by Gasteiger charge is 2.26. The molecule has 2 amide bonds. The number of hydrogen-bond donors (Lipinski definition) is 1. The van der Waals surface area contributed by atoms with Crippen molar-refractivity contribution < 1.29 is 14.5 Å². The van der Waals surface area contributed by atoms with Crippen LogP contribution >= 0.6 is 11.6 Å². The highest BCUT2D eigenvalue weighted by molar-refractivity contribution is 6.30. The number of nitro groups is 1. The van der Waals surface area contributed by atoms with Crippen LogP contribution < -0.4 is 10.6 Å². The molecule has 9 nitrogen and oxygen atoms in total. The van der Waals surface area contributed by atoms with Gasteiger partial charge in [-0.05, 0) is 17.7 Å². The first-order chi connectivity index (χ1) is 13.3. The van der Waals surface area contributed by atoms with Crippen LogP contribution in [-0.2, 0) is 11.2 Å². The number of nitrogens with zero attached hydrogens (tertiary/aromatic N) is 4. The van der Waals surface area contributed by atoms with E-state index in [0.717, 1.165) is 17.8 Å². The van der Waals surface area contributed by atoms with E-state index in [2.05, 4.69) is 4.98 Å². The molecule has 1 aliphatic heterocycles. The van der Waals surface area contributed by atoms with Gasteiger partial charge in [-0.2, -0.15) is 0 Å². The molecule has 28 heavy (non-hydrogen) atoms. The minimum absolute atomic E-state index is 0.00657. The molecule has 2 N–H and O–H groups in total. The van der Waals surface area contributed by atoms with E-state index in [-0.39, 0.29) is 23.6 Å². The first-order valence-electron chi connectivity index (χ1n) is 8.56. The number of pyridine rings is 1. The fourth-order valence-electron chi connectivity index (χ4n) is 3.08. The molecule has 1 aromatic heterocycles. The molecule has 10 heteroatoms. The van der Waals surface area contributed by atoms with Crippen molar-refractivity contribution in [1.29, 1.82) is 0 Å². The number of benzene rings is 1. The predicted molar refractivity (Wildman–Crippen MR) is 103 cm³/mol. The molecule has 0 spiro atoms. The molecule has 0 unspecified atom stereocenters. The van der Waals surface area contributed by atoms with Crippen molar-refractivity contribution in [1.82, 2.24) is 9.88 Å². The largest absolute Gasteiger partial charge is 0.365 e. The SMILES string of the molecule is NC(=O)c1cc([N+](=O)[O-])cnc1N1CCN(C(=O)Cc2cccc(Cl)c2)CC1. The van der Waals surface area contributed by atoms with Gasteiger partial charge in [0.1, 0.15) is 12.0 Å². The van der Waals surface area contributed by atoms with Gasteiger partial charge in [0.15, 0.2) is 0 Å². The van der Waals surface area contributed by atoms with Crippen LogP contribution in [0.5, 0.6) is 0 Å². The van der Waals surface area contributed by atoms with Crippen LogP contribution in [0.1, 0.15) is 15.9 Å². The van der Waals surface area contributed by atoms with E-state index in [1.54, 1.807) is 28.0 Å². The van der Waals surface area contributed by atoms with E-state index in [9.17, 15) is 19.7 Å². The summed E-state index contributed by atoms with van der Waals surface area (Å²) in [6.07, 6.45) is 1.35. The zero-order valence-corrected chi connectivity index (χ0v) is 15.6. The number of aromatic nitrogens is 1. The molecule has 3 rings (SSSR count). The van der Waals surface area contributed by atoms with Crippen LogP contribution in [0.15, 0.2) is 36.5 Å². The van der Waals surface area contributed by atoms with E-state index in [1.165, 1.54) is 0 Å². The smallest absolute Gasteiger partial charge is 0.288 e. The quantitative estimate of drug-likeness (QED) is 0.598. The first-order valence-corrected chi connectivity index (χ1v) is 8.94. The highest BCUT2D eigenvalue weighted by atomic mass is 35.5. The number of amides is 2. The summed E-state index contributed by atoms with van der Waals surface area (Å²) in [4.78, 5) is 42.1. The third-order valence-electron chi connectivity index (χ3n) is 4.50. The van der Waals surface area contributed by atoms with Crippen molar-refractivity contribution in [3.8, 4) is 0 Å². The molecule has 1 aromatic carbocycles. The van der Waals surface area contributed by atoms with Gasteiger partial charge in [-0.15, -0.1) is 0 Å². The summed E-state index contributed by atoms with van der Waals surface area (Å²) in [5.74, 6) is -0.514. The Morgan fingerprint density at radius 3 is 2.54 bits per heavy atom. The lowest BCUT2D eigenvalue weighted by molar-refractivity contribution is -0.385. The molecule has 0 bridgehead atoms. The van der Waals surface area contributed by atoms with Gasteiger partial charge in [0.2, 0.25) is 5.91 Å². The Labute approximate surface area is 165 Å². The van der Waals surface area contributed by atoms with Crippen molar-refractivity contribution >= 4 is 34.9 Å². The third kappa shape index (κ3) is 4.37. The second-order valence-corrected chi connectivity index (χ2v) is 6.80. The van der Waals surface area contributed by atoms with E-state index in [1.807, 2.05) is 6.07 Å². The lowest BCUT2D eigenvalue weighted by Gasteiger charge is -2.36. The van der Waals surface area contributed by atoms with Gasteiger partial charge in [0.25, 0.3) is 11.6 Å². The second kappa shape index (κ2) is 8.22. The number of primary amides is 1. The standard InChI is InChI=1S/C18H18ClN5O4/c19-13-3-1-2-12(8-13)9-16(25)22-4-6-23(7-5-22)18-15(17(20)26)10-14(11-21-18)24(27)28/h1-3,8,10-11H,4-7,9H2,(H2,20,26). The molecule has 1 fully saturated rings. The summed E-state index contributed by atoms with van der Waals surface area (Å²) in [5, 5.41) is 11.5. The number of rotatable bonds is 5. The monoisotopic (exact) mass is 403 g/mol. The van der Waals surface area contributed by atoms with Gasteiger partial charge < -0.3 is 15.5 Å². The zero-order chi connectivity index (χ0) is 20.3. The molecule has 0 atom stereocenters. The topological polar surface area (TPSA) is 123 Å². The van der Waals surface area contributed by atoms with Crippen molar-refractivity contribution in [2.24, 2.45) is 5.73 Å². The molecular weight excluding hydrogens is 386 g/mol. The summed E-state index contributed by atoms with van der Waals surface area (Å²) >= 11 is 5.95. The van der Waals surface area contributed by atoms with Gasteiger partial charge in [-0.25, -0.2) is 4.98 Å². The molecule has 1 saturated heterocycles. The van der Waals surface area contributed by atoms with Gasteiger partial charge in [0, 0.05) is 37.3 Å². The fraction of sp³-hybridized carbons (Fsp3) is 0.278. The molecule has 2 aromatic rings. The number of piperazine rings is 1. The summed E-state index contributed by atoms with van der Waals surface area (Å²) in [5.41, 5.74) is 5.90. The molecule has 0 radical (unpaired) electrons. The highest BCUT2D eigenvalue weighted by Crippen LogP contribution is 2.23. The number of halogens is 1. The number of carbonyl (C=O) groups is 2. The minimum atomic E-state index is -0.786. The van der Waals surface area contributed by atoms with Crippen LogP contribution in [0.4, 0.5) is 11.5 Å². The maximum Gasteiger partial charge on any atom is 0.288 e. The Bertz CT molecular complexity index is 928. The van der Waals surface area contributed by atoms with E-state index >= 15 is 0 Å². The van der Waals surface area contributed by atoms with Gasteiger partial charge in [-0.3, -0.25) is 19.7 Å². The van der Waals surface area contributed by atoms with Crippen LogP contribution in [0, 0.1) is 10.1 Å². The zero-order valence-electron chi connectivity index (χ0n) is 14.9. The van der Waals surface area contributed by atoms with Crippen molar-refractivity contribution in [3.63, 3.8) is 0 Å². The summed E-state index contributed by atoms with van der Waals surface area (Å²) in [6, 6.07) is 8.28. The van der Waals surface area contributed by atoms with Crippen LogP contribution in [0.3, 0.4) is 0 Å². The Morgan fingerprint density at radius 2 is 1.93 bits per heavy atom. The summed E-state index contributed by atoms with van der Waals surface area (Å²) in [6.45, 7) is 1.76. The number of carbonyl (C=O) groups excluding carboxylic acids is 2. The number of hydrogen-bond acceptors (Lipinski definition) is 6. The lowest BCUT2D eigenvalue weighted by Crippen LogP contribution is -2.49. The normalized spacial score (nSPS) is 14.0. The summed E-state index contributed by atoms with van der Waals surface area (Å²) < 4.78 is 0. The second-order valence-electron chi connectivity index (χ2n) is 6.36. The van der Waals surface area contributed by atoms with E-state index in [4.69, 9.17) is 17.3 Å². The third-order valence-corrected chi connectivity index (χ3v) is 4.74. The van der Waals surface area contributed by atoms with Crippen molar-refractivity contribution in [2.45, 2.75) is 6.42 Å². The average Bonchev–Trinajstić information content (AvgIpc) is 2.67. The van der Waals surface area contributed by atoms with Crippen LogP contribution in [0.2, 0.25) is 5.02 Å². The molecule has 0 saturated carbocycles. The Morgan fingerprint density at radius 1 is 1.21 bits per heavy atom. The minimum Gasteiger partial charge on any atom is -0.365 e. The summed E-state index contributed by atoms with van der Waals surface area (Å²) in [7, 11) is 0. The van der Waals surface area contributed by atoms with Gasteiger partial charge in [-0.1, -0.05) is 23.7 Å². The molecule has 0 aliphatic carbocycles. The van der Waals surface area contributed by atoms with Crippen LogP contribution in [-0.4, -0.2) is 52.8 Å². The van der Waals surface area contributed by atoms with Gasteiger partial charge in [0.05, 0.1) is 16.9 Å². The molecular formula is C18H18ClN5O4. The van der Waals surface area contributed by atoms with Crippen molar-refractivity contribution in [3.05, 3.63) is 62.8 Å². The lowest BCUT2D eigenvalue weighted by atomic mass is 10.1. The Kier molecular flexibility index (Phi) is 5.74. The Balaban J connectivity index is 1.67. The van der Waals surface area contributed by atoms with E-state index in [0.29, 0.717) is 37.0 Å². The average molecular weight is 404 g/mol. The molecule has 146 valence electrons.